The number of carbonyl (C=O) groups excluding carboxylic acids is 1. The Kier molecular flexibility index (Phi) is 7.08. The number of methoxy groups -OCH3 is 1. The van der Waals surface area contributed by atoms with Crippen molar-refractivity contribution >= 4 is 16.0 Å². The minimum absolute atomic E-state index is 0.00783. The summed E-state index contributed by atoms with van der Waals surface area (Å²) in [5, 5.41) is 0. The zero-order valence-electron chi connectivity index (χ0n) is 18.3. The summed E-state index contributed by atoms with van der Waals surface area (Å²) in [5.74, 6) is -0.0562. The predicted molar refractivity (Wildman–Crippen MR) is 122 cm³/mol. The Morgan fingerprint density at radius 1 is 0.970 bits per heavy atom. The van der Waals surface area contributed by atoms with Crippen LogP contribution in [0.1, 0.15) is 27.0 Å². The molecule has 0 atom stereocenters. The molecule has 0 unspecified atom stereocenters. The quantitative estimate of drug-likeness (QED) is 0.492. The second-order valence-corrected chi connectivity index (χ2v) is 9.50. The molecule has 1 heterocycles. The average Bonchev–Trinajstić information content (AvgIpc) is 3.07. The van der Waals surface area contributed by atoms with E-state index in [4.69, 9.17) is 14.2 Å². The number of esters is 1. The maximum Gasteiger partial charge on any atom is 0.339 e. The first-order valence-electron chi connectivity index (χ1n) is 10.5. The molecule has 0 spiro atoms. The maximum atomic E-state index is 13.4. The predicted octanol–water partition coefficient (Wildman–Crippen LogP) is 3.77. The highest BCUT2D eigenvalue weighted by molar-refractivity contribution is 7.89. The second-order valence-electron chi connectivity index (χ2n) is 7.60. The molecule has 0 saturated carbocycles. The summed E-state index contributed by atoms with van der Waals surface area (Å²) in [7, 11) is -2.73. The van der Waals surface area contributed by atoms with E-state index in [0.29, 0.717) is 19.0 Å². The molecule has 0 bridgehead atoms. The first-order chi connectivity index (χ1) is 16.0. The molecule has 0 fully saturated rings. The van der Waals surface area contributed by atoms with E-state index >= 15 is 0 Å². The van der Waals surface area contributed by atoms with Crippen molar-refractivity contribution in [1.29, 1.82) is 0 Å². The van der Waals surface area contributed by atoms with E-state index in [-0.39, 0.29) is 30.2 Å². The summed E-state index contributed by atoms with van der Waals surface area (Å²) in [6, 6.07) is 21.6. The van der Waals surface area contributed by atoms with Crippen molar-refractivity contribution in [2.24, 2.45) is 0 Å². The standard InChI is InChI=1S/C25H25NO6S/c1-30-25(27)22-9-5-6-10-24(22)33(28,29)26-13-14-32-23-12-11-20(15-21(23)16-26)18-31-17-19-7-3-2-4-8-19/h2-12,15H,13-14,16-18H2,1H3. The SMILES string of the molecule is COC(=O)c1ccccc1S(=O)(=O)N1CCOc2ccc(COCc3ccccc3)cc2C1. The molecule has 3 aromatic carbocycles. The van der Waals surface area contributed by atoms with Gasteiger partial charge in [-0.1, -0.05) is 48.5 Å². The summed E-state index contributed by atoms with van der Waals surface area (Å²) in [6.45, 7) is 1.36. The third kappa shape index (κ3) is 5.24. The number of rotatable bonds is 7. The van der Waals surface area contributed by atoms with Gasteiger partial charge in [0.25, 0.3) is 0 Å². The van der Waals surface area contributed by atoms with Crippen LogP contribution in [-0.4, -0.2) is 39.0 Å². The Hall–Kier alpha value is -3.20. The molecule has 1 aliphatic rings. The number of sulfonamides is 1. The van der Waals surface area contributed by atoms with Crippen LogP contribution in [0, 0.1) is 0 Å². The number of hydrogen-bond donors (Lipinski definition) is 0. The number of hydrogen-bond acceptors (Lipinski definition) is 6. The van der Waals surface area contributed by atoms with Gasteiger partial charge in [-0.3, -0.25) is 0 Å². The highest BCUT2D eigenvalue weighted by Gasteiger charge is 2.31. The highest BCUT2D eigenvalue weighted by Crippen LogP contribution is 2.29. The van der Waals surface area contributed by atoms with E-state index in [1.165, 1.54) is 23.5 Å². The fraction of sp³-hybridized carbons (Fsp3) is 0.240. The van der Waals surface area contributed by atoms with Gasteiger partial charge in [0.15, 0.2) is 0 Å². The Bertz CT molecular complexity index is 1230. The molecule has 3 aromatic rings. The third-order valence-corrected chi connectivity index (χ3v) is 7.26. The number of benzene rings is 3. The highest BCUT2D eigenvalue weighted by atomic mass is 32.2. The van der Waals surface area contributed by atoms with Crippen molar-refractivity contribution < 1.29 is 27.4 Å². The molecule has 0 aromatic heterocycles. The Morgan fingerprint density at radius 3 is 2.48 bits per heavy atom. The molecule has 0 N–H and O–H groups in total. The Labute approximate surface area is 193 Å². The van der Waals surface area contributed by atoms with Crippen LogP contribution < -0.4 is 4.74 Å². The van der Waals surface area contributed by atoms with Gasteiger partial charge in [0.1, 0.15) is 12.4 Å². The molecule has 0 aliphatic carbocycles. The molecule has 0 amide bonds. The summed E-state index contributed by atoms with van der Waals surface area (Å²) in [4.78, 5) is 12.1. The van der Waals surface area contributed by atoms with Crippen LogP contribution in [0.25, 0.3) is 0 Å². The van der Waals surface area contributed by atoms with E-state index in [1.807, 2.05) is 48.5 Å². The fourth-order valence-corrected chi connectivity index (χ4v) is 5.27. The lowest BCUT2D eigenvalue weighted by Crippen LogP contribution is -2.33. The minimum atomic E-state index is -3.96. The van der Waals surface area contributed by atoms with E-state index in [1.54, 1.807) is 12.1 Å². The van der Waals surface area contributed by atoms with Crippen LogP contribution in [-0.2, 0) is 39.3 Å². The van der Waals surface area contributed by atoms with Crippen LogP contribution >= 0.6 is 0 Å². The van der Waals surface area contributed by atoms with Crippen LogP contribution in [0.15, 0.2) is 77.7 Å². The molecule has 8 heteroatoms. The van der Waals surface area contributed by atoms with Crippen molar-refractivity contribution in [2.75, 3.05) is 20.3 Å². The normalized spacial score (nSPS) is 14.1. The van der Waals surface area contributed by atoms with Gasteiger partial charge in [0.05, 0.1) is 30.8 Å². The molecule has 4 rings (SSSR count). The van der Waals surface area contributed by atoms with Gasteiger partial charge in [-0.15, -0.1) is 0 Å². The van der Waals surface area contributed by atoms with Crippen molar-refractivity contribution in [3.8, 4) is 5.75 Å². The zero-order chi connectivity index (χ0) is 23.3. The monoisotopic (exact) mass is 467 g/mol. The molecule has 0 saturated heterocycles. The Morgan fingerprint density at radius 2 is 1.70 bits per heavy atom. The maximum absolute atomic E-state index is 13.4. The molecule has 1 aliphatic heterocycles. The number of nitrogens with zero attached hydrogens (tertiary/aromatic N) is 1. The summed E-state index contributed by atoms with van der Waals surface area (Å²) >= 11 is 0. The van der Waals surface area contributed by atoms with E-state index in [2.05, 4.69) is 0 Å². The molecule has 172 valence electrons. The number of carbonyl (C=O) groups is 1. The van der Waals surface area contributed by atoms with Gasteiger partial charge in [-0.25, -0.2) is 13.2 Å². The van der Waals surface area contributed by atoms with Gasteiger partial charge < -0.3 is 14.2 Å². The molecular formula is C25H25NO6S. The average molecular weight is 468 g/mol. The van der Waals surface area contributed by atoms with Crippen molar-refractivity contribution in [2.45, 2.75) is 24.7 Å². The van der Waals surface area contributed by atoms with E-state index in [0.717, 1.165) is 16.7 Å². The summed E-state index contributed by atoms with van der Waals surface area (Å²) in [5.41, 5.74) is 2.75. The first-order valence-corrected chi connectivity index (χ1v) is 12.0. The fourth-order valence-electron chi connectivity index (χ4n) is 3.69. The molecule has 7 nitrogen and oxygen atoms in total. The lowest BCUT2D eigenvalue weighted by atomic mass is 10.1. The van der Waals surface area contributed by atoms with Crippen molar-refractivity contribution in [3.63, 3.8) is 0 Å². The first kappa shape index (κ1) is 23.0. The van der Waals surface area contributed by atoms with Gasteiger partial charge in [-0.2, -0.15) is 4.31 Å². The van der Waals surface area contributed by atoms with Crippen LogP contribution in [0.2, 0.25) is 0 Å². The van der Waals surface area contributed by atoms with Gasteiger partial charge in [-0.05, 0) is 35.4 Å². The lowest BCUT2D eigenvalue weighted by Gasteiger charge is -2.21. The topological polar surface area (TPSA) is 82.1 Å². The van der Waals surface area contributed by atoms with Crippen LogP contribution in [0.4, 0.5) is 0 Å². The van der Waals surface area contributed by atoms with Crippen LogP contribution in [0.5, 0.6) is 5.75 Å². The Balaban J connectivity index is 1.54. The van der Waals surface area contributed by atoms with Gasteiger partial charge in [0.2, 0.25) is 10.0 Å². The molecular weight excluding hydrogens is 442 g/mol. The van der Waals surface area contributed by atoms with Gasteiger partial charge in [0, 0.05) is 18.7 Å². The zero-order valence-corrected chi connectivity index (χ0v) is 19.1. The molecule has 0 radical (unpaired) electrons. The van der Waals surface area contributed by atoms with Crippen molar-refractivity contribution in [3.05, 3.63) is 95.1 Å². The van der Waals surface area contributed by atoms with Crippen molar-refractivity contribution in [1.82, 2.24) is 4.31 Å². The number of fused-ring (bicyclic) bond motifs is 1. The lowest BCUT2D eigenvalue weighted by molar-refractivity contribution is 0.0596. The van der Waals surface area contributed by atoms with Crippen LogP contribution in [0.3, 0.4) is 0 Å². The van der Waals surface area contributed by atoms with E-state index in [9.17, 15) is 13.2 Å². The third-order valence-electron chi connectivity index (χ3n) is 5.36. The largest absolute Gasteiger partial charge is 0.492 e. The number of ether oxygens (including phenoxy) is 3. The molecule has 33 heavy (non-hydrogen) atoms. The second kappa shape index (κ2) is 10.2. The summed E-state index contributed by atoms with van der Waals surface area (Å²) in [6.07, 6.45) is 0. The summed E-state index contributed by atoms with van der Waals surface area (Å²) < 4.78 is 44.6. The van der Waals surface area contributed by atoms with Gasteiger partial charge >= 0.3 is 5.97 Å². The van der Waals surface area contributed by atoms with E-state index < -0.39 is 16.0 Å². The minimum Gasteiger partial charge on any atom is -0.492 e. The smallest absolute Gasteiger partial charge is 0.339 e.